The normalized spacial score (nSPS) is 18.6. The minimum absolute atomic E-state index is 0.00198. The molecule has 2 fully saturated rings. The van der Waals surface area contributed by atoms with Crippen LogP contribution in [0.5, 0.6) is 0 Å². The average molecular weight is 378 g/mol. The first-order chi connectivity index (χ1) is 13.0. The van der Waals surface area contributed by atoms with E-state index in [4.69, 9.17) is 9.47 Å². The predicted molar refractivity (Wildman–Crippen MR) is 99.5 cm³/mol. The summed E-state index contributed by atoms with van der Waals surface area (Å²) >= 11 is 0. The van der Waals surface area contributed by atoms with Crippen molar-refractivity contribution in [2.75, 3.05) is 46.0 Å². The van der Waals surface area contributed by atoms with E-state index < -0.39 is 5.60 Å². The second-order valence-electron chi connectivity index (χ2n) is 7.50. The van der Waals surface area contributed by atoms with Crippen molar-refractivity contribution in [1.29, 1.82) is 0 Å². The molecule has 3 rings (SSSR count). The fraction of sp³-hybridized carbons (Fsp3) is 0.737. The summed E-state index contributed by atoms with van der Waals surface area (Å²) in [5.74, 6) is 0.639. The third-order valence-corrected chi connectivity index (χ3v) is 5.15. The first-order valence-corrected chi connectivity index (χ1v) is 9.83. The Labute approximate surface area is 160 Å². The molecule has 0 atom stereocenters. The standard InChI is InChI=1S/C19H30N4O4/c1-3-4-5-6-8-26-11-17(24)22-7-9-27-19(12-22)13-23(14-19)18(25)16-10-20-15(2)21-16/h10H,3-9,11-14H2,1-2H3,(H,20,21). The lowest BCUT2D eigenvalue weighted by Crippen LogP contribution is -2.71. The van der Waals surface area contributed by atoms with Crippen LogP contribution in [0.1, 0.15) is 48.9 Å². The second kappa shape index (κ2) is 8.84. The number of carbonyl (C=O) groups excluding carboxylic acids is 2. The summed E-state index contributed by atoms with van der Waals surface area (Å²) < 4.78 is 11.4. The van der Waals surface area contributed by atoms with Crippen LogP contribution in [0.4, 0.5) is 0 Å². The number of morpholine rings is 1. The van der Waals surface area contributed by atoms with Crippen LogP contribution in [-0.2, 0) is 14.3 Å². The molecule has 1 N–H and O–H groups in total. The maximum atomic E-state index is 12.4. The molecule has 0 aromatic carbocycles. The van der Waals surface area contributed by atoms with E-state index in [1.54, 1.807) is 16.0 Å². The van der Waals surface area contributed by atoms with Gasteiger partial charge in [0.25, 0.3) is 5.91 Å². The monoisotopic (exact) mass is 378 g/mol. The molecule has 0 radical (unpaired) electrons. The number of rotatable bonds is 8. The topological polar surface area (TPSA) is 87.8 Å². The number of aromatic nitrogens is 2. The zero-order valence-electron chi connectivity index (χ0n) is 16.3. The Morgan fingerprint density at radius 3 is 2.74 bits per heavy atom. The zero-order valence-corrected chi connectivity index (χ0v) is 16.3. The highest BCUT2D eigenvalue weighted by atomic mass is 16.5. The van der Waals surface area contributed by atoms with Gasteiger partial charge >= 0.3 is 0 Å². The molecule has 8 heteroatoms. The summed E-state index contributed by atoms with van der Waals surface area (Å²) in [5, 5.41) is 0. The number of nitrogens with one attached hydrogen (secondary N) is 1. The largest absolute Gasteiger partial charge is 0.372 e. The minimum atomic E-state index is -0.445. The van der Waals surface area contributed by atoms with Gasteiger partial charge in [0.1, 0.15) is 23.7 Å². The highest BCUT2D eigenvalue weighted by molar-refractivity contribution is 5.93. The molecule has 0 saturated carbocycles. The zero-order chi connectivity index (χ0) is 19.3. The maximum absolute atomic E-state index is 12.4. The van der Waals surface area contributed by atoms with Crippen LogP contribution in [0.25, 0.3) is 0 Å². The molecule has 1 spiro atoms. The molecule has 27 heavy (non-hydrogen) atoms. The number of aryl methyl sites for hydroxylation is 1. The molecular weight excluding hydrogens is 348 g/mol. The van der Waals surface area contributed by atoms with Gasteiger partial charge in [-0.3, -0.25) is 9.59 Å². The molecule has 0 bridgehead atoms. The number of unbranched alkanes of at least 4 members (excludes halogenated alkanes) is 3. The molecule has 8 nitrogen and oxygen atoms in total. The predicted octanol–water partition coefficient (Wildman–Crippen LogP) is 1.37. The molecule has 2 aliphatic heterocycles. The van der Waals surface area contributed by atoms with Crippen LogP contribution in [0.15, 0.2) is 6.20 Å². The molecule has 150 valence electrons. The van der Waals surface area contributed by atoms with E-state index in [1.807, 2.05) is 6.92 Å². The van der Waals surface area contributed by atoms with E-state index in [-0.39, 0.29) is 18.4 Å². The lowest BCUT2D eigenvalue weighted by Gasteiger charge is -2.53. The number of likely N-dealkylation sites (tertiary alicyclic amines) is 1. The fourth-order valence-corrected chi connectivity index (χ4v) is 3.62. The van der Waals surface area contributed by atoms with Gasteiger partial charge in [0.2, 0.25) is 5.91 Å². The van der Waals surface area contributed by atoms with Crippen molar-refractivity contribution in [2.45, 2.75) is 45.1 Å². The Morgan fingerprint density at radius 2 is 2.04 bits per heavy atom. The fourth-order valence-electron chi connectivity index (χ4n) is 3.62. The van der Waals surface area contributed by atoms with E-state index in [2.05, 4.69) is 16.9 Å². The molecule has 3 heterocycles. The van der Waals surface area contributed by atoms with Crippen molar-refractivity contribution in [3.05, 3.63) is 17.7 Å². The summed E-state index contributed by atoms with van der Waals surface area (Å²) in [6, 6.07) is 0. The molecular formula is C19H30N4O4. The summed E-state index contributed by atoms with van der Waals surface area (Å²) in [6.45, 7) is 7.30. The van der Waals surface area contributed by atoms with Crippen molar-refractivity contribution >= 4 is 11.8 Å². The Hall–Kier alpha value is -1.93. The smallest absolute Gasteiger partial charge is 0.272 e. The van der Waals surface area contributed by atoms with Gasteiger partial charge in [0.05, 0.1) is 32.4 Å². The van der Waals surface area contributed by atoms with Gasteiger partial charge in [-0.25, -0.2) is 4.98 Å². The van der Waals surface area contributed by atoms with E-state index in [1.165, 1.54) is 12.8 Å². The molecule has 2 saturated heterocycles. The minimum Gasteiger partial charge on any atom is -0.372 e. The third kappa shape index (κ3) is 4.87. The quantitative estimate of drug-likeness (QED) is 0.690. The van der Waals surface area contributed by atoms with Crippen molar-refractivity contribution < 1.29 is 19.1 Å². The number of H-pyrrole nitrogens is 1. The number of nitrogens with zero attached hydrogens (tertiary/aromatic N) is 3. The summed E-state index contributed by atoms with van der Waals surface area (Å²) in [7, 11) is 0. The van der Waals surface area contributed by atoms with Gasteiger partial charge in [0.15, 0.2) is 0 Å². The van der Waals surface area contributed by atoms with Crippen molar-refractivity contribution in [1.82, 2.24) is 19.8 Å². The summed E-state index contributed by atoms with van der Waals surface area (Å²) in [5.41, 5.74) is 0.0438. The Morgan fingerprint density at radius 1 is 1.26 bits per heavy atom. The van der Waals surface area contributed by atoms with Gasteiger partial charge in [0, 0.05) is 13.2 Å². The maximum Gasteiger partial charge on any atom is 0.272 e. The van der Waals surface area contributed by atoms with Crippen molar-refractivity contribution in [2.24, 2.45) is 0 Å². The number of amides is 2. The molecule has 0 unspecified atom stereocenters. The van der Waals surface area contributed by atoms with Gasteiger partial charge in [-0.15, -0.1) is 0 Å². The highest BCUT2D eigenvalue weighted by Crippen LogP contribution is 2.30. The molecule has 0 aliphatic carbocycles. The van der Waals surface area contributed by atoms with Crippen LogP contribution in [0.2, 0.25) is 0 Å². The van der Waals surface area contributed by atoms with Gasteiger partial charge in [-0.05, 0) is 13.3 Å². The van der Waals surface area contributed by atoms with Crippen LogP contribution >= 0.6 is 0 Å². The van der Waals surface area contributed by atoms with E-state index in [0.29, 0.717) is 50.9 Å². The number of hydrogen-bond acceptors (Lipinski definition) is 5. The van der Waals surface area contributed by atoms with E-state index >= 15 is 0 Å². The lowest BCUT2D eigenvalue weighted by atomic mass is 9.91. The third-order valence-electron chi connectivity index (χ3n) is 5.15. The number of hydrogen-bond donors (Lipinski definition) is 1. The highest BCUT2D eigenvalue weighted by Gasteiger charge is 2.50. The second-order valence-corrected chi connectivity index (χ2v) is 7.50. The first-order valence-electron chi connectivity index (χ1n) is 9.83. The van der Waals surface area contributed by atoms with Crippen LogP contribution < -0.4 is 0 Å². The SMILES string of the molecule is CCCCCCOCC(=O)N1CCOC2(C1)CN(C(=O)c1cnc(C)[nH]1)C2. The molecule has 2 aliphatic rings. The van der Waals surface area contributed by atoms with Gasteiger partial charge in [-0.1, -0.05) is 26.2 Å². The molecule has 1 aromatic rings. The van der Waals surface area contributed by atoms with Gasteiger partial charge in [-0.2, -0.15) is 0 Å². The Balaban J connectivity index is 1.42. The van der Waals surface area contributed by atoms with Crippen molar-refractivity contribution in [3.63, 3.8) is 0 Å². The van der Waals surface area contributed by atoms with Gasteiger partial charge < -0.3 is 24.3 Å². The Bertz CT molecular complexity index is 654. The van der Waals surface area contributed by atoms with E-state index in [0.717, 1.165) is 12.8 Å². The lowest BCUT2D eigenvalue weighted by molar-refractivity contribution is -0.181. The van der Waals surface area contributed by atoms with Crippen LogP contribution in [0.3, 0.4) is 0 Å². The average Bonchev–Trinajstić information content (AvgIpc) is 3.08. The number of carbonyl (C=O) groups is 2. The number of ether oxygens (including phenoxy) is 2. The number of imidazole rings is 1. The van der Waals surface area contributed by atoms with Crippen LogP contribution in [0, 0.1) is 6.92 Å². The molecule has 2 amide bonds. The first kappa shape index (κ1) is 19.8. The van der Waals surface area contributed by atoms with E-state index in [9.17, 15) is 9.59 Å². The Kier molecular flexibility index (Phi) is 6.49. The molecule has 1 aromatic heterocycles. The van der Waals surface area contributed by atoms with Crippen LogP contribution in [-0.4, -0.2) is 83.2 Å². The summed E-state index contributed by atoms with van der Waals surface area (Å²) in [6.07, 6.45) is 6.09. The number of aromatic amines is 1. The summed E-state index contributed by atoms with van der Waals surface area (Å²) in [4.78, 5) is 35.4. The van der Waals surface area contributed by atoms with Crippen molar-refractivity contribution in [3.8, 4) is 0 Å².